The first-order chi connectivity index (χ1) is 11.9. The van der Waals surface area contributed by atoms with Crippen molar-refractivity contribution in [3.8, 4) is 0 Å². The third-order valence-corrected chi connectivity index (χ3v) is 5.46. The van der Waals surface area contributed by atoms with Gasteiger partial charge in [-0.05, 0) is 44.2 Å². The number of rotatable bonds is 8. The second-order valence-corrected chi connectivity index (χ2v) is 7.61. The van der Waals surface area contributed by atoms with Gasteiger partial charge in [0.05, 0.1) is 24.2 Å². The monoisotopic (exact) mass is 373 g/mol. The first-order valence-electron chi connectivity index (χ1n) is 8.24. The summed E-state index contributed by atoms with van der Waals surface area (Å²) in [4.78, 5) is 14.2. The molecular weight excluding hydrogens is 349 g/mol. The molecule has 1 heterocycles. The largest absolute Gasteiger partial charge is 0.379 e. The zero-order valence-electron chi connectivity index (χ0n) is 14.2. The Kier molecular flexibility index (Phi) is 7.30. The fourth-order valence-electron chi connectivity index (χ4n) is 2.46. The van der Waals surface area contributed by atoms with E-state index in [9.17, 15) is 17.6 Å². The number of hydrogen-bond donors (Lipinski definition) is 2. The molecule has 2 N–H and O–H groups in total. The molecule has 1 atom stereocenters. The molecule has 1 aromatic carbocycles. The maximum absolute atomic E-state index is 12.9. The van der Waals surface area contributed by atoms with E-state index in [1.165, 1.54) is 6.92 Å². The Hall–Kier alpha value is -1.55. The molecule has 0 aliphatic carbocycles. The van der Waals surface area contributed by atoms with Crippen molar-refractivity contribution in [3.63, 3.8) is 0 Å². The van der Waals surface area contributed by atoms with Gasteiger partial charge in [0.1, 0.15) is 5.82 Å². The van der Waals surface area contributed by atoms with E-state index in [0.717, 1.165) is 63.5 Å². The highest BCUT2D eigenvalue weighted by Crippen LogP contribution is 2.10. The van der Waals surface area contributed by atoms with E-state index in [-0.39, 0.29) is 4.90 Å². The van der Waals surface area contributed by atoms with E-state index in [1.54, 1.807) is 0 Å². The number of hydrogen-bond acceptors (Lipinski definition) is 5. The highest BCUT2D eigenvalue weighted by atomic mass is 32.2. The van der Waals surface area contributed by atoms with E-state index in [2.05, 4.69) is 14.9 Å². The van der Waals surface area contributed by atoms with Crippen molar-refractivity contribution >= 4 is 15.9 Å². The first kappa shape index (κ1) is 19.8. The molecule has 7 nitrogen and oxygen atoms in total. The lowest BCUT2D eigenvalue weighted by atomic mass is 10.3. The fourth-order valence-corrected chi connectivity index (χ4v) is 3.66. The van der Waals surface area contributed by atoms with Crippen molar-refractivity contribution in [1.82, 2.24) is 14.9 Å². The number of carbonyl (C=O) groups is 1. The van der Waals surface area contributed by atoms with Crippen LogP contribution < -0.4 is 10.0 Å². The molecule has 25 heavy (non-hydrogen) atoms. The molecule has 0 bridgehead atoms. The van der Waals surface area contributed by atoms with Crippen LogP contribution in [0.3, 0.4) is 0 Å². The summed E-state index contributed by atoms with van der Waals surface area (Å²) in [5.41, 5.74) is 0. The molecular formula is C16H24FN3O4S. The summed E-state index contributed by atoms with van der Waals surface area (Å²) in [6.07, 6.45) is 0.781. The normalized spacial score (nSPS) is 17.2. The van der Waals surface area contributed by atoms with Crippen LogP contribution in [0.4, 0.5) is 4.39 Å². The Balaban J connectivity index is 1.74. The smallest absolute Gasteiger partial charge is 0.241 e. The lowest BCUT2D eigenvalue weighted by molar-refractivity contribution is -0.122. The number of sulfonamides is 1. The predicted octanol–water partition coefficient (Wildman–Crippen LogP) is 0.331. The van der Waals surface area contributed by atoms with E-state index in [4.69, 9.17) is 4.74 Å². The van der Waals surface area contributed by atoms with Crippen LogP contribution in [0.5, 0.6) is 0 Å². The first-order valence-corrected chi connectivity index (χ1v) is 9.72. The second kappa shape index (κ2) is 9.23. The highest BCUT2D eigenvalue weighted by Gasteiger charge is 2.21. The summed E-state index contributed by atoms with van der Waals surface area (Å²) >= 11 is 0. The molecule has 1 amide bonds. The molecule has 1 fully saturated rings. The van der Waals surface area contributed by atoms with Crippen LogP contribution in [0.15, 0.2) is 29.2 Å². The highest BCUT2D eigenvalue weighted by molar-refractivity contribution is 7.89. The van der Waals surface area contributed by atoms with E-state index >= 15 is 0 Å². The maximum atomic E-state index is 12.9. The molecule has 2 rings (SSSR count). The Morgan fingerprint density at radius 3 is 2.56 bits per heavy atom. The Labute approximate surface area is 147 Å². The van der Waals surface area contributed by atoms with Crippen LogP contribution in [-0.2, 0) is 19.6 Å². The minimum absolute atomic E-state index is 0.0825. The molecule has 9 heteroatoms. The van der Waals surface area contributed by atoms with Gasteiger partial charge in [0.25, 0.3) is 0 Å². The van der Waals surface area contributed by atoms with Crippen LogP contribution in [0.25, 0.3) is 0 Å². The molecule has 0 aromatic heterocycles. The Bertz CT molecular complexity index is 660. The number of morpholine rings is 1. The van der Waals surface area contributed by atoms with Gasteiger partial charge in [0, 0.05) is 19.6 Å². The number of halogens is 1. The van der Waals surface area contributed by atoms with Crippen molar-refractivity contribution in [1.29, 1.82) is 0 Å². The summed E-state index contributed by atoms with van der Waals surface area (Å²) in [7, 11) is -3.87. The molecule has 1 aliphatic rings. The molecule has 1 aliphatic heterocycles. The van der Waals surface area contributed by atoms with Gasteiger partial charge < -0.3 is 10.1 Å². The number of nitrogens with one attached hydrogen (secondary N) is 2. The lowest BCUT2D eigenvalue weighted by Gasteiger charge is -2.26. The van der Waals surface area contributed by atoms with Gasteiger partial charge in [-0.1, -0.05) is 0 Å². The number of amides is 1. The number of ether oxygens (including phenoxy) is 1. The summed E-state index contributed by atoms with van der Waals surface area (Å²) in [6, 6.07) is 3.52. The van der Waals surface area contributed by atoms with Gasteiger partial charge in [-0.15, -0.1) is 0 Å². The van der Waals surface area contributed by atoms with Gasteiger partial charge in [-0.2, -0.15) is 4.72 Å². The van der Waals surface area contributed by atoms with Gasteiger partial charge in [0.2, 0.25) is 15.9 Å². The van der Waals surface area contributed by atoms with Gasteiger partial charge in [0.15, 0.2) is 0 Å². The van der Waals surface area contributed by atoms with Gasteiger partial charge >= 0.3 is 0 Å². The fraction of sp³-hybridized carbons (Fsp3) is 0.562. The Morgan fingerprint density at radius 1 is 1.28 bits per heavy atom. The SMILES string of the molecule is C[C@@H](NS(=O)(=O)c1ccc(F)cc1)C(=O)NCCCN1CCOCC1. The van der Waals surface area contributed by atoms with Crippen molar-refractivity contribution in [2.24, 2.45) is 0 Å². The average molecular weight is 373 g/mol. The van der Waals surface area contributed by atoms with Crippen LogP contribution in [0.1, 0.15) is 13.3 Å². The second-order valence-electron chi connectivity index (χ2n) is 5.90. The van der Waals surface area contributed by atoms with Crippen molar-refractivity contribution in [2.45, 2.75) is 24.3 Å². The molecule has 140 valence electrons. The third-order valence-electron chi connectivity index (χ3n) is 3.90. The maximum Gasteiger partial charge on any atom is 0.241 e. The lowest BCUT2D eigenvalue weighted by Crippen LogP contribution is -2.45. The topological polar surface area (TPSA) is 87.7 Å². The molecule has 0 spiro atoms. The molecule has 1 aromatic rings. The summed E-state index contributed by atoms with van der Waals surface area (Å²) in [5.74, 6) is -0.919. The van der Waals surface area contributed by atoms with E-state index in [0.29, 0.717) is 6.54 Å². The van der Waals surface area contributed by atoms with Crippen molar-refractivity contribution < 1.29 is 22.3 Å². The van der Waals surface area contributed by atoms with E-state index < -0.39 is 27.8 Å². The summed E-state index contributed by atoms with van der Waals surface area (Å²) < 4.78 is 44.8. The van der Waals surface area contributed by atoms with Crippen LogP contribution in [0.2, 0.25) is 0 Å². The van der Waals surface area contributed by atoms with Crippen molar-refractivity contribution in [3.05, 3.63) is 30.1 Å². The average Bonchev–Trinajstić information content (AvgIpc) is 2.59. The number of benzene rings is 1. The zero-order valence-corrected chi connectivity index (χ0v) is 15.0. The molecule has 0 unspecified atom stereocenters. The standard InChI is InChI=1S/C16H24FN3O4S/c1-13(19-25(22,23)15-5-3-14(17)4-6-15)16(21)18-7-2-8-20-9-11-24-12-10-20/h3-6,13,19H,2,7-12H2,1H3,(H,18,21)/t13-/m1/s1. The summed E-state index contributed by atoms with van der Waals surface area (Å²) in [6.45, 7) is 6.04. The third kappa shape index (κ3) is 6.35. The van der Waals surface area contributed by atoms with E-state index in [1.807, 2.05) is 0 Å². The quantitative estimate of drug-likeness (QED) is 0.642. The van der Waals surface area contributed by atoms with Gasteiger partial charge in [-0.25, -0.2) is 12.8 Å². The minimum atomic E-state index is -3.87. The van der Waals surface area contributed by atoms with Crippen LogP contribution >= 0.6 is 0 Å². The van der Waals surface area contributed by atoms with Crippen LogP contribution in [0, 0.1) is 5.82 Å². The predicted molar refractivity (Wildman–Crippen MR) is 91.1 cm³/mol. The van der Waals surface area contributed by atoms with Gasteiger partial charge in [-0.3, -0.25) is 9.69 Å². The molecule has 1 saturated heterocycles. The summed E-state index contributed by atoms with van der Waals surface area (Å²) in [5, 5.41) is 2.72. The molecule has 0 radical (unpaired) electrons. The minimum Gasteiger partial charge on any atom is -0.379 e. The van der Waals surface area contributed by atoms with Crippen LogP contribution in [-0.4, -0.2) is 64.7 Å². The number of nitrogens with zero attached hydrogens (tertiary/aromatic N) is 1. The Morgan fingerprint density at radius 2 is 1.92 bits per heavy atom. The zero-order chi connectivity index (χ0) is 18.3. The van der Waals surface area contributed by atoms with Crippen molar-refractivity contribution in [2.75, 3.05) is 39.4 Å². The molecule has 0 saturated carbocycles. The number of carbonyl (C=O) groups excluding carboxylic acids is 1.